The molecule has 0 amide bonds. The molecule has 0 saturated heterocycles. The molecule has 0 fully saturated rings. The molecule has 0 saturated carbocycles. The van der Waals surface area contributed by atoms with Crippen LogP contribution in [0.2, 0.25) is 0 Å². The average Bonchev–Trinajstić information content (AvgIpc) is 2.00. The van der Waals surface area contributed by atoms with Crippen LogP contribution in [0.15, 0.2) is 0 Å². The maximum atomic E-state index is 10.8. The Labute approximate surface area is 84.2 Å². The first-order chi connectivity index (χ1) is 6.38. The van der Waals surface area contributed by atoms with E-state index >= 15 is 0 Å². The lowest BCUT2D eigenvalue weighted by Crippen LogP contribution is -2.22. The van der Waals surface area contributed by atoms with Crippen LogP contribution in [0.3, 0.4) is 0 Å². The third kappa shape index (κ3) is 5.93. The van der Waals surface area contributed by atoms with Crippen molar-refractivity contribution in [1.82, 2.24) is 0 Å². The van der Waals surface area contributed by atoms with Crippen LogP contribution in [0.1, 0.15) is 33.1 Å². The van der Waals surface area contributed by atoms with Crippen molar-refractivity contribution >= 4 is 16.1 Å². The summed E-state index contributed by atoms with van der Waals surface area (Å²) >= 11 is 0. The summed E-state index contributed by atoms with van der Waals surface area (Å²) in [5.41, 5.74) is 0. The maximum absolute atomic E-state index is 10.8. The van der Waals surface area contributed by atoms with Crippen molar-refractivity contribution in [2.45, 2.75) is 38.4 Å². The molecule has 0 aliphatic rings. The van der Waals surface area contributed by atoms with Crippen LogP contribution in [-0.2, 0) is 19.6 Å². The van der Waals surface area contributed by atoms with E-state index < -0.39 is 21.3 Å². The molecule has 0 aromatic carbocycles. The van der Waals surface area contributed by atoms with E-state index in [0.29, 0.717) is 12.8 Å². The van der Waals surface area contributed by atoms with E-state index in [1.807, 2.05) is 6.92 Å². The van der Waals surface area contributed by atoms with Crippen molar-refractivity contribution < 1.29 is 22.5 Å². The maximum Gasteiger partial charge on any atom is 0.302 e. The standard InChI is InChI=1S/C8H16O5S/c1-3-4-8(14(10,11)12)5-6-13-7(2)9/h8H,3-6H2,1-2H3,(H,10,11,12). The second-order valence-corrected chi connectivity index (χ2v) is 4.75. The fourth-order valence-corrected chi connectivity index (χ4v) is 2.03. The molecule has 84 valence electrons. The Balaban J connectivity index is 4.05. The highest BCUT2D eigenvalue weighted by Gasteiger charge is 2.21. The summed E-state index contributed by atoms with van der Waals surface area (Å²) in [6.07, 6.45) is 1.18. The summed E-state index contributed by atoms with van der Waals surface area (Å²) < 4.78 is 35.0. The molecule has 0 aliphatic carbocycles. The van der Waals surface area contributed by atoms with Crippen LogP contribution in [0.4, 0.5) is 0 Å². The van der Waals surface area contributed by atoms with Gasteiger partial charge in [0.2, 0.25) is 0 Å². The second-order valence-electron chi connectivity index (χ2n) is 3.05. The van der Waals surface area contributed by atoms with Crippen LogP contribution in [0.25, 0.3) is 0 Å². The van der Waals surface area contributed by atoms with Crippen LogP contribution >= 0.6 is 0 Å². The predicted molar refractivity (Wildman–Crippen MR) is 51.5 cm³/mol. The monoisotopic (exact) mass is 224 g/mol. The van der Waals surface area contributed by atoms with Crippen molar-refractivity contribution in [2.24, 2.45) is 0 Å². The Hall–Kier alpha value is -0.620. The molecular formula is C8H16O5S. The predicted octanol–water partition coefficient (Wildman–Crippen LogP) is 0.996. The molecule has 14 heavy (non-hydrogen) atoms. The lowest BCUT2D eigenvalue weighted by Gasteiger charge is -2.12. The van der Waals surface area contributed by atoms with Crippen LogP contribution in [0, 0.1) is 0 Å². The summed E-state index contributed by atoms with van der Waals surface area (Å²) in [5, 5.41) is -0.827. The number of carbonyl (C=O) groups is 1. The van der Waals surface area contributed by atoms with Crippen LogP contribution < -0.4 is 0 Å². The normalized spacial score (nSPS) is 13.6. The smallest absolute Gasteiger partial charge is 0.302 e. The highest BCUT2D eigenvalue weighted by molar-refractivity contribution is 7.86. The van der Waals surface area contributed by atoms with Gasteiger partial charge in [0.15, 0.2) is 0 Å². The second kappa shape index (κ2) is 5.98. The highest BCUT2D eigenvalue weighted by Crippen LogP contribution is 2.11. The quantitative estimate of drug-likeness (QED) is 0.537. The molecule has 0 aliphatic heterocycles. The van der Waals surface area contributed by atoms with Gasteiger partial charge in [-0.2, -0.15) is 8.42 Å². The summed E-state index contributed by atoms with van der Waals surface area (Å²) in [6.45, 7) is 3.10. The van der Waals surface area contributed by atoms with Gasteiger partial charge < -0.3 is 4.74 Å². The lowest BCUT2D eigenvalue weighted by atomic mass is 10.2. The number of esters is 1. The molecule has 0 radical (unpaired) electrons. The van der Waals surface area contributed by atoms with Gasteiger partial charge in [-0.3, -0.25) is 9.35 Å². The van der Waals surface area contributed by atoms with E-state index in [1.54, 1.807) is 0 Å². The van der Waals surface area contributed by atoms with E-state index in [4.69, 9.17) is 4.55 Å². The summed E-state index contributed by atoms with van der Waals surface area (Å²) in [7, 11) is -4.02. The molecule has 5 nitrogen and oxygen atoms in total. The first-order valence-corrected chi connectivity index (χ1v) is 5.98. The van der Waals surface area contributed by atoms with Crippen molar-refractivity contribution in [3.8, 4) is 0 Å². The first kappa shape index (κ1) is 13.4. The van der Waals surface area contributed by atoms with Crippen molar-refractivity contribution in [3.05, 3.63) is 0 Å². The highest BCUT2D eigenvalue weighted by atomic mass is 32.2. The molecule has 1 atom stereocenters. The molecule has 0 bridgehead atoms. The minimum absolute atomic E-state index is 0.0276. The number of carbonyl (C=O) groups excluding carboxylic acids is 1. The number of hydrogen-bond acceptors (Lipinski definition) is 4. The van der Waals surface area contributed by atoms with Crippen molar-refractivity contribution in [2.75, 3.05) is 6.61 Å². The topological polar surface area (TPSA) is 80.7 Å². The van der Waals surface area contributed by atoms with Crippen LogP contribution in [-0.4, -0.2) is 30.8 Å². The fourth-order valence-electron chi connectivity index (χ4n) is 1.10. The summed E-state index contributed by atoms with van der Waals surface area (Å²) in [4.78, 5) is 10.4. The number of hydrogen-bond donors (Lipinski definition) is 1. The van der Waals surface area contributed by atoms with Gasteiger partial charge in [-0.15, -0.1) is 0 Å². The van der Waals surface area contributed by atoms with E-state index in [0.717, 1.165) is 0 Å². The van der Waals surface area contributed by atoms with Crippen LogP contribution in [0.5, 0.6) is 0 Å². The minimum Gasteiger partial charge on any atom is -0.466 e. The van der Waals surface area contributed by atoms with Crippen molar-refractivity contribution in [3.63, 3.8) is 0 Å². The fraction of sp³-hybridized carbons (Fsp3) is 0.875. The van der Waals surface area contributed by atoms with Crippen molar-refractivity contribution in [1.29, 1.82) is 0 Å². The Morgan fingerprint density at radius 2 is 2.00 bits per heavy atom. The Morgan fingerprint density at radius 1 is 1.43 bits per heavy atom. The number of rotatable bonds is 6. The molecular weight excluding hydrogens is 208 g/mol. The first-order valence-electron chi connectivity index (χ1n) is 4.47. The third-order valence-corrected chi connectivity index (χ3v) is 3.09. The minimum atomic E-state index is -4.02. The SMILES string of the molecule is CCCC(CCOC(C)=O)S(=O)(=O)O. The lowest BCUT2D eigenvalue weighted by molar-refractivity contribution is -0.141. The summed E-state index contributed by atoms with van der Waals surface area (Å²) in [5.74, 6) is -0.449. The van der Waals surface area contributed by atoms with E-state index in [2.05, 4.69) is 4.74 Å². The van der Waals surface area contributed by atoms with E-state index in [9.17, 15) is 13.2 Å². The summed E-state index contributed by atoms with van der Waals surface area (Å²) in [6, 6.07) is 0. The Kier molecular flexibility index (Phi) is 5.71. The largest absolute Gasteiger partial charge is 0.466 e. The van der Waals surface area contributed by atoms with Gasteiger partial charge in [-0.1, -0.05) is 13.3 Å². The zero-order chi connectivity index (χ0) is 11.2. The van der Waals surface area contributed by atoms with Gasteiger partial charge in [-0.25, -0.2) is 0 Å². The average molecular weight is 224 g/mol. The molecule has 0 spiro atoms. The molecule has 1 N–H and O–H groups in total. The van der Waals surface area contributed by atoms with Gasteiger partial charge >= 0.3 is 5.97 Å². The zero-order valence-electron chi connectivity index (χ0n) is 8.39. The van der Waals surface area contributed by atoms with E-state index in [-0.39, 0.29) is 13.0 Å². The Bertz CT molecular complexity index is 269. The molecule has 0 aromatic heterocycles. The molecule has 0 heterocycles. The molecule has 1 unspecified atom stereocenters. The third-order valence-electron chi connectivity index (χ3n) is 1.78. The molecule has 6 heteroatoms. The zero-order valence-corrected chi connectivity index (χ0v) is 9.21. The number of ether oxygens (including phenoxy) is 1. The molecule has 0 rings (SSSR count). The van der Waals surface area contributed by atoms with Gasteiger partial charge in [0, 0.05) is 13.3 Å². The van der Waals surface area contributed by atoms with Gasteiger partial charge in [0.05, 0.1) is 11.9 Å². The van der Waals surface area contributed by atoms with Gasteiger partial charge in [0.25, 0.3) is 10.1 Å². The Morgan fingerprint density at radius 3 is 2.36 bits per heavy atom. The van der Waals surface area contributed by atoms with Gasteiger partial charge in [0.1, 0.15) is 0 Å². The van der Waals surface area contributed by atoms with Gasteiger partial charge in [-0.05, 0) is 6.42 Å². The van der Waals surface area contributed by atoms with E-state index in [1.165, 1.54) is 6.92 Å². The molecule has 0 aromatic rings.